The zero-order valence-corrected chi connectivity index (χ0v) is 19.0. The lowest BCUT2D eigenvalue weighted by molar-refractivity contribution is -0.139. The highest BCUT2D eigenvalue weighted by molar-refractivity contribution is 6.14. The summed E-state index contributed by atoms with van der Waals surface area (Å²) in [6.07, 6.45) is -3.83. The van der Waals surface area contributed by atoms with Gasteiger partial charge in [-0.1, -0.05) is 13.5 Å². The van der Waals surface area contributed by atoms with Crippen LogP contribution in [0.5, 0.6) is 5.75 Å². The van der Waals surface area contributed by atoms with Crippen LogP contribution in [0.3, 0.4) is 0 Å². The molecule has 1 spiro atoms. The second kappa shape index (κ2) is 7.61. The maximum atomic E-state index is 14.3. The maximum Gasteiger partial charge on any atom is 0.417 e. The Labute approximate surface area is 199 Å². The van der Waals surface area contributed by atoms with Crippen molar-refractivity contribution in [2.75, 3.05) is 6.54 Å². The highest BCUT2D eigenvalue weighted by Crippen LogP contribution is 2.66. The number of Topliss-reactive ketones (excluding diaryl/α,β-unsaturated/α-hetero) is 1. The lowest BCUT2D eigenvalue weighted by Crippen LogP contribution is -2.41. The molecule has 7 nitrogen and oxygen atoms in total. The summed E-state index contributed by atoms with van der Waals surface area (Å²) in [6, 6.07) is 1.01. The van der Waals surface area contributed by atoms with Gasteiger partial charge in [0, 0.05) is 30.0 Å². The Morgan fingerprint density at radius 1 is 1.34 bits per heavy atom. The van der Waals surface area contributed by atoms with E-state index in [0.717, 1.165) is 12.5 Å². The van der Waals surface area contributed by atoms with Crippen LogP contribution in [0, 0.1) is 11.8 Å². The quantitative estimate of drug-likeness (QED) is 0.370. The number of phenols is 1. The molecular weight excluding hydrogens is 465 g/mol. The molecule has 5 rings (SSSR count). The number of amides is 1. The van der Waals surface area contributed by atoms with Gasteiger partial charge in [-0.2, -0.15) is 13.2 Å². The number of rotatable bonds is 5. The summed E-state index contributed by atoms with van der Waals surface area (Å²) in [6.45, 7) is 6.18. The summed E-state index contributed by atoms with van der Waals surface area (Å²) in [7, 11) is 0. The van der Waals surface area contributed by atoms with Gasteiger partial charge in [-0.25, -0.2) is 0 Å². The SMILES string of the molecule is C=C1C(C(N)=O)=C(O)C[C@@H]2CC3Cc4c(c(O)cc(CNCCC)c4C(F)(F)F)C(=O)C3=C3O[C@]132. The van der Waals surface area contributed by atoms with Crippen LogP contribution in [0.15, 0.2) is 40.9 Å². The topological polar surface area (TPSA) is 125 Å². The van der Waals surface area contributed by atoms with Crippen LogP contribution in [0.25, 0.3) is 0 Å². The Bertz CT molecular complexity index is 1260. The minimum absolute atomic E-state index is 0.0317. The molecule has 0 radical (unpaired) electrons. The Morgan fingerprint density at radius 2 is 2.06 bits per heavy atom. The Balaban J connectivity index is 1.63. The van der Waals surface area contributed by atoms with E-state index in [2.05, 4.69) is 11.9 Å². The molecule has 10 heteroatoms. The number of hydrogen-bond acceptors (Lipinski definition) is 6. The fraction of sp³-hybridized carbons (Fsp3) is 0.440. The molecule has 4 aliphatic rings. The third-order valence-corrected chi connectivity index (χ3v) is 7.52. The van der Waals surface area contributed by atoms with Gasteiger partial charge < -0.3 is 26.0 Å². The summed E-state index contributed by atoms with van der Waals surface area (Å²) in [5, 5.41) is 24.0. The summed E-state index contributed by atoms with van der Waals surface area (Å²) in [4.78, 5) is 25.4. The molecule has 186 valence electrons. The molecule has 1 aliphatic heterocycles. The van der Waals surface area contributed by atoms with Crippen molar-refractivity contribution in [3.63, 3.8) is 0 Å². The van der Waals surface area contributed by atoms with Crippen molar-refractivity contribution in [2.24, 2.45) is 17.6 Å². The van der Waals surface area contributed by atoms with Crippen molar-refractivity contribution >= 4 is 11.7 Å². The van der Waals surface area contributed by atoms with E-state index in [4.69, 9.17) is 10.5 Å². The van der Waals surface area contributed by atoms with E-state index in [-0.39, 0.29) is 70.7 Å². The normalized spacial score (nSPS) is 27.1. The number of halogens is 3. The van der Waals surface area contributed by atoms with Crippen LogP contribution < -0.4 is 11.1 Å². The van der Waals surface area contributed by atoms with Gasteiger partial charge in [0.25, 0.3) is 5.91 Å². The van der Waals surface area contributed by atoms with Crippen molar-refractivity contribution < 1.29 is 37.7 Å². The maximum absolute atomic E-state index is 14.3. The van der Waals surface area contributed by atoms with Crippen LogP contribution >= 0.6 is 0 Å². The van der Waals surface area contributed by atoms with E-state index in [0.29, 0.717) is 6.54 Å². The molecule has 1 heterocycles. The first-order valence-corrected chi connectivity index (χ1v) is 11.5. The van der Waals surface area contributed by atoms with Crippen molar-refractivity contribution in [2.45, 2.75) is 50.9 Å². The van der Waals surface area contributed by atoms with Crippen molar-refractivity contribution in [1.82, 2.24) is 5.32 Å². The largest absolute Gasteiger partial charge is 0.511 e. The molecule has 0 aromatic heterocycles. The predicted molar refractivity (Wildman–Crippen MR) is 118 cm³/mol. The van der Waals surface area contributed by atoms with Crippen LogP contribution in [0.1, 0.15) is 53.2 Å². The first-order valence-electron chi connectivity index (χ1n) is 11.5. The Hall–Kier alpha value is -3.27. The number of carbonyl (C=O) groups excluding carboxylic acids is 2. The van der Waals surface area contributed by atoms with Crippen molar-refractivity contribution in [3.05, 3.63) is 63.1 Å². The number of ketones is 1. The number of aliphatic hydroxyl groups excluding tert-OH is 1. The van der Waals surface area contributed by atoms with Gasteiger partial charge in [0.1, 0.15) is 11.5 Å². The zero-order valence-electron chi connectivity index (χ0n) is 19.0. The number of benzene rings is 1. The molecule has 0 saturated carbocycles. The number of nitrogens with one attached hydrogen (secondary N) is 1. The minimum Gasteiger partial charge on any atom is -0.511 e. The van der Waals surface area contributed by atoms with Gasteiger partial charge in [-0.15, -0.1) is 0 Å². The van der Waals surface area contributed by atoms with Crippen molar-refractivity contribution in [1.29, 1.82) is 0 Å². The van der Waals surface area contributed by atoms with Gasteiger partial charge in [-0.05, 0) is 48.9 Å². The molecule has 1 fully saturated rings. The van der Waals surface area contributed by atoms with Crippen LogP contribution in [0.4, 0.5) is 13.2 Å². The highest BCUT2D eigenvalue weighted by Gasteiger charge is 2.69. The number of phenolic OH excluding ortho intramolecular Hbond substituents is 1. The lowest BCUT2D eigenvalue weighted by Gasteiger charge is -2.38. The lowest BCUT2D eigenvalue weighted by atomic mass is 9.62. The molecule has 5 N–H and O–H groups in total. The predicted octanol–water partition coefficient (Wildman–Crippen LogP) is 3.57. The molecule has 0 bridgehead atoms. The number of primary amides is 1. The van der Waals surface area contributed by atoms with E-state index < -0.39 is 46.6 Å². The number of epoxide rings is 1. The number of allylic oxidation sites excluding steroid dienone is 2. The van der Waals surface area contributed by atoms with Gasteiger partial charge in [0.2, 0.25) is 0 Å². The van der Waals surface area contributed by atoms with E-state index in [9.17, 15) is 33.0 Å². The summed E-state index contributed by atoms with van der Waals surface area (Å²) in [5.41, 5.74) is 2.83. The zero-order chi connectivity index (χ0) is 25.4. The van der Waals surface area contributed by atoms with E-state index in [1.165, 1.54) is 0 Å². The van der Waals surface area contributed by atoms with Gasteiger partial charge >= 0.3 is 6.18 Å². The standard InChI is InChI=1S/C25H25F3N2O5/c1-3-4-30-9-12-7-15(31)19-14(20(12)25(26,27)28)6-11-5-13-8-16(32)17(23(29)34)10(2)24(13)22(35-24)18(11)21(19)33/h7,11,13,30-32H,2-6,8-9H2,1H3,(H2,29,34)/t11?,13-,24-/m0/s1. The number of hydrogen-bond donors (Lipinski definition) is 4. The third kappa shape index (κ3) is 3.22. The number of carbonyl (C=O) groups is 2. The minimum atomic E-state index is -4.73. The summed E-state index contributed by atoms with van der Waals surface area (Å²) < 4.78 is 48.6. The second-order valence-electron chi connectivity index (χ2n) is 9.57. The number of nitrogens with two attached hydrogens (primary N) is 1. The average Bonchev–Trinajstić information content (AvgIpc) is 3.48. The highest BCUT2D eigenvalue weighted by atomic mass is 19.4. The van der Waals surface area contributed by atoms with E-state index in [1.807, 2.05) is 6.92 Å². The fourth-order valence-electron chi connectivity index (χ4n) is 6.12. The molecule has 1 amide bonds. The molecule has 1 aromatic rings. The molecule has 3 atom stereocenters. The number of aliphatic hydroxyl groups is 1. The number of aromatic hydroxyl groups is 1. The van der Waals surface area contributed by atoms with E-state index in [1.54, 1.807) is 0 Å². The van der Waals surface area contributed by atoms with Crippen LogP contribution in [-0.4, -0.2) is 34.0 Å². The van der Waals surface area contributed by atoms with Crippen LogP contribution in [0.2, 0.25) is 0 Å². The first-order chi connectivity index (χ1) is 16.4. The second-order valence-corrected chi connectivity index (χ2v) is 9.57. The third-order valence-electron chi connectivity index (χ3n) is 7.52. The summed E-state index contributed by atoms with van der Waals surface area (Å²) in [5.74, 6) is -3.10. The molecule has 1 unspecified atom stereocenters. The molecule has 3 aliphatic carbocycles. The monoisotopic (exact) mass is 490 g/mol. The molecule has 35 heavy (non-hydrogen) atoms. The molecule has 1 saturated heterocycles. The number of ether oxygens (including phenoxy) is 1. The number of fused-ring (bicyclic) bond motifs is 2. The average molecular weight is 490 g/mol. The van der Waals surface area contributed by atoms with Gasteiger partial charge in [0.15, 0.2) is 17.1 Å². The summed E-state index contributed by atoms with van der Waals surface area (Å²) >= 11 is 0. The Kier molecular flexibility index (Phi) is 5.11. The molecular formula is C25H25F3N2O5. The first kappa shape index (κ1) is 23.5. The Morgan fingerprint density at radius 3 is 2.69 bits per heavy atom. The molecule has 1 aromatic carbocycles. The van der Waals surface area contributed by atoms with Gasteiger partial charge in [-0.3, -0.25) is 9.59 Å². The number of alkyl halides is 3. The smallest absolute Gasteiger partial charge is 0.417 e. The van der Waals surface area contributed by atoms with Gasteiger partial charge in [0.05, 0.1) is 16.7 Å². The van der Waals surface area contributed by atoms with E-state index >= 15 is 0 Å². The van der Waals surface area contributed by atoms with Crippen molar-refractivity contribution in [3.8, 4) is 5.75 Å². The van der Waals surface area contributed by atoms with Crippen LogP contribution in [-0.2, 0) is 28.7 Å². The fourth-order valence-corrected chi connectivity index (χ4v) is 6.12.